The van der Waals surface area contributed by atoms with Gasteiger partial charge in [-0.15, -0.1) is 0 Å². The van der Waals surface area contributed by atoms with Crippen LogP contribution in [0.2, 0.25) is 0 Å². The minimum atomic E-state index is -0.259. The summed E-state index contributed by atoms with van der Waals surface area (Å²) in [6.07, 6.45) is 3.16. The molecule has 20 heavy (non-hydrogen) atoms. The second-order valence-electron chi connectivity index (χ2n) is 5.21. The number of piperazine rings is 1. The maximum absolute atomic E-state index is 13.0. The van der Waals surface area contributed by atoms with Crippen LogP contribution in [0.4, 0.5) is 10.1 Å². The molecule has 0 aromatic heterocycles. The molecule has 0 amide bonds. The molecule has 0 aliphatic carbocycles. The summed E-state index contributed by atoms with van der Waals surface area (Å²) >= 11 is 1.95. The number of hydrogen-bond acceptors (Lipinski definition) is 4. The largest absolute Gasteiger partial charge is 0.398 e. The van der Waals surface area contributed by atoms with E-state index >= 15 is 0 Å². The van der Waals surface area contributed by atoms with Crippen molar-refractivity contribution in [2.75, 3.05) is 31.1 Å². The molecule has 1 fully saturated rings. The highest BCUT2D eigenvalue weighted by Gasteiger charge is 2.22. The van der Waals surface area contributed by atoms with E-state index in [1.54, 1.807) is 0 Å². The number of halogens is 1. The van der Waals surface area contributed by atoms with Crippen LogP contribution in [0.5, 0.6) is 0 Å². The van der Waals surface area contributed by atoms with Crippen molar-refractivity contribution in [2.45, 2.75) is 32.2 Å². The summed E-state index contributed by atoms with van der Waals surface area (Å²) in [5, 5.41) is 3.45. The predicted octanol–water partition coefficient (Wildman–Crippen LogP) is 2.67. The molecule has 1 aromatic carbocycles. The molecule has 1 aliphatic heterocycles. The topological polar surface area (TPSA) is 41.3 Å². The van der Waals surface area contributed by atoms with E-state index in [1.165, 1.54) is 24.3 Å². The highest BCUT2D eigenvalue weighted by atomic mass is 32.2. The lowest BCUT2D eigenvalue weighted by atomic mass is 10.0. The number of nitrogens with zero attached hydrogens (tertiary/aromatic N) is 1. The number of nitrogen functional groups attached to an aromatic ring is 1. The van der Waals surface area contributed by atoms with Crippen LogP contribution >= 0.6 is 11.9 Å². The minimum Gasteiger partial charge on any atom is -0.398 e. The smallest absolute Gasteiger partial charge is 0.125 e. The number of hydrogen-bond donors (Lipinski definition) is 2. The van der Waals surface area contributed by atoms with Gasteiger partial charge in [-0.3, -0.25) is 0 Å². The Morgan fingerprint density at radius 3 is 3.10 bits per heavy atom. The maximum Gasteiger partial charge on any atom is 0.125 e. The summed E-state index contributed by atoms with van der Waals surface area (Å²) < 4.78 is 15.5. The fourth-order valence-corrected chi connectivity index (χ4v) is 3.51. The van der Waals surface area contributed by atoms with E-state index in [2.05, 4.69) is 16.5 Å². The van der Waals surface area contributed by atoms with Gasteiger partial charge in [0, 0.05) is 37.1 Å². The first-order chi connectivity index (χ1) is 9.70. The van der Waals surface area contributed by atoms with Gasteiger partial charge >= 0.3 is 0 Å². The second kappa shape index (κ2) is 7.86. The first-order valence-corrected chi connectivity index (χ1v) is 8.29. The molecule has 1 saturated heterocycles. The third-order valence-electron chi connectivity index (χ3n) is 3.61. The van der Waals surface area contributed by atoms with E-state index in [1.807, 2.05) is 18.0 Å². The molecular weight excluding hydrogens is 273 g/mol. The Morgan fingerprint density at radius 1 is 1.50 bits per heavy atom. The summed E-state index contributed by atoms with van der Waals surface area (Å²) in [5.74, 6) is 0.917. The number of rotatable bonds is 6. The molecule has 1 aromatic rings. The van der Waals surface area contributed by atoms with Crippen LogP contribution in [0.3, 0.4) is 0 Å². The van der Waals surface area contributed by atoms with Crippen LogP contribution < -0.4 is 11.1 Å². The van der Waals surface area contributed by atoms with Crippen molar-refractivity contribution >= 4 is 17.6 Å². The van der Waals surface area contributed by atoms with Crippen LogP contribution in [0, 0.1) is 5.82 Å². The second-order valence-corrected chi connectivity index (χ2v) is 6.35. The monoisotopic (exact) mass is 297 g/mol. The molecule has 1 atom stereocenters. The molecule has 3 nitrogen and oxygen atoms in total. The third kappa shape index (κ3) is 4.36. The van der Waals surface area contributed by atoms with Crippen LogP contribution in [-0.4, -0.2) is 35.7 Å². The molecule has 112 valence electrons. The molecule has 0 radical (unpaired) electrons. The molecule has 2 rings (SSSR count). The lowest BCUT2D eigenvalue weighted by molar-refractivity contribution is 0.277. The van der Waals surface area contributed by atoms with E-state index < -0.39 is 0 Å². The Hall–Kier alpha value is -0.780. The summed E-state index contributed by atoms with van der Waals surface area (Å²) in [4.78, 5) is 0. The quantitative estimate of drug-likeness (QED) is 0.626. The zero-order valence-electron chi connectivity index (χ0n) is 12.1. The molecule has 0 bridgehead atoms. The number of benzene rings is 1. The molecular formula is C15H24FN3S. The van der Waals surface area contributed by atoms with Crippen molar-refractivity contribution in [1.82, 2.24) is 9.62 Å². The summed E-state index contributed by atoms with van der Waals surface area (Å²) in [6, 6.07) is 5.25. The van der Waals surface area contributed by atoms with Crippen molar-refractivity contribution in [2.24, 2.45) is 0 Å². The van der Waals surface area contributed by atoms with Gasteiger partial charge in [0.05, 0.1) is 0 Å². The SMILES string of the molecule is CCCSN1CCNCC1CCc1ccc(F)cc1N. The lowest BCUT2D eigenvalue weighted by Crippen LogP contribution is -2.48. The van der Waals surface area contributed by atoms with Gasteiger partial charge in [0.2, 0.25) is 0 Å². The first-order valence-electron chi connectivity index (χ1n) is 7.35. The molecule has 0 spiro atoms. The van der Waals surface area contributed by atoms with Gasteiger partial charge in [-0.1, -0.05) is 24.9 Å². The Morgan fingerprint density at radius 2 is 2.35 bits per heavy atom. The summed E-state index contributed by atoms with van der Waals surface area (Å²) in [5.41, 5.74) is 7.50. The van der Waals surface area contributed by atoms with Gasteiger partial charge < -0.3 is 11.1 Å². The fraction of sp³-hybridized carbons (Fsp3) is 0.600. The molecule has 1 heterocycles. The van der Waals surface area contributed by atoms with Gasteiger partial charge in [-0.2, -0.15) is 0 Å². The van der Waals surface area contributed by atoms with Crippen molar-refractivity contribution in [3.63, 3.8) is 0 Å². The average molecular weight is 297 g/mol. The molecule has 1 unspecified atom stereocenters. The zero-order chi connectivity index (χ0) is 14.4. The predicted molar refractivity (Wildman–Crippen MR) is 85.2 cm³/mol. The van der Waals surface area contributed by atoms with Crippen LogP contribution in [0.15, 0.2) is 18.2 Å². The Bertz CT molecular complexity index is 428. The highest BCUT2D eigenvalue weighted by molar-refractivity contribution is 7.97. The van der Waals surface area contributed by atoms with Crippen LogP contribution in [0.25, 0.3) is 0 Å². The lowest BCUT2D eigenvalue weighted by Gasteiger charge is -2.35. The Labute approximate surface area is 125 Å². The number of anilines is 1. The highest BCUT2D eigenvalue weighted by Crippen LogP contribution is 2.22. The van der Waals surface area contributed by atoms with Crippen molar-refractivity contribution < 1.29 is 4.39 Å². The fourth-order valence-electron chi connectivity index (χ4n) is 2.48. The summed E-state index contributed by atoms with van der Waals surface area (Å²) in [6.45, 7) is 5.39. The van der Waals surface area contributed by atoms with Crippen LogP contribution in [-0.2, 0) is 6.42 Å². The zero-order valence-corrected chi connectivity index (χ0v) is 12.9. The van der Waals surface area contributed by atoms with Gasteiger partial charge in [-0.25, -0.2) is 8.70 Å². The van der Waals surface area contributed by atoms with E-state index in [-0.39, 0.29) is 5.82 Å². The van der Waals surface area contributed by atoms with Crippen molar-refractivity contribution in [3.05, 3.63) is 29.6 Å². The minimum absolute atomic E-state index is 0.259. The van der Waals surface area contributed by atoms with E-state index in [0.29, 0.717) is 11.7 Å². The molecule has 3 N–H and O–H groups in total. The molecule has 0 saturated carbocycles. The first kappa shape index (κ1) is 15.6. The average Bonchev–Trinajstić information content (AvgIpc) is 2.45. The summed E-state index contributed by atoms with van der Waals surface area (Å²) in [7, 11) is 0. The molecule has 5 heteroatoms. The van der Waals surface area contributed by atoms with Crippen molar-refractivity contribution in [1.29, 1.82) is 0 Å². The van der Waals surface area contributed by atoms with Crippen LogP contribution in [0.1, 0.15) is 25.3 Å². The van der Waals surface area contributed by atoms with Gasteiger partial charge in [0.15, 0.2) is 0 Å². The van der Waals surface area contributed by atoms with E-state index in [9.17, 15) is 4.39 Å². The van der Waals surface area contributed by atoms with E-state index in [4.69, 9.17) is 5.73 Å². The number of nitrogens with two attached hydrogens (primary N) is 1. The van der Waals surface area contributed by atoms with Gasteiger partial charge in [-0.05, 0) is 37.0 Å². The van der Waals surface area contributed by atoms with E-state index in [0.717, 1.165) is 38.0 Å². The Kier molecular flexibility index (Phi) is 6.13. The Balaban J connectivity index is 1.90. The van der Waals surface area contributed by atoms with Gasteiger partial charge in [0.25, 0.3) is 0 Å². The third-order valence-corrected chi connectivity index (χ3v) is 5.02. The normalized spacial score (nSPS) is 20.2. The molecule has 1 aliphatic rings. The van der Waals surface area contributed by atoms with Gasteiger partial charge in [0.1, 0.15) is 5.82 Å². The maximum atomic E-state index is 13.0. The van der Waals surface area contributed by atoms with Crippen molar-refractivity contribution in [3.8, 4) is 0 Å². The number of aryl methyl sites for hydroxylation is 1. The number of nitrogens with one attached hydrogen (secondary N) is 1. The standard InChI is InChI=1S/C15H24FN3S/c1-2-9-20-19-8-7-18-11-14(19)6-4-12-3-5-13(16)10-15(12)17/h3,5,10,14,18H,2,4,6-9,11,17H2,1H3.